The Balaban J connectivity index is 2.32. The van der Waals surface area contributed by atoms with Crippen molar-refractivity contribution in [1.29, 1.82) is 0 Å². The van der Waals surface area contributed by atoms with Gasteiger partial charge < -0.3 is 5.32 Å². The topological polar surface area (TPSA) is 29.9 Å². The normalized spacial score (nSPS) is 13.5. The van der Waals surface area contributed by atoms with Crippen LogP contribution in [0.3, 0.4) is 0 Å². The van der Waals surface area contributed by atoms with Crippen LogP contribution >= 0.6 is 22.6 Å². The first-order valence-corrected chi connectivity index (χ1v) is 6.10. The van der Waals surface area contributed by atoms with Crippen molar-refractivity contribution in [3.8, 4) is 0 Å². The molecule has 0 spiro atoms. The molecule has 4 heteroatoms. The van der Waals surface area contributed by atoms with E-state index in [9.17, 15) is 0 Å². The second kappa shape index (κ2) is 5.70. The summed E-state index contributed by atoms with van der Waals surface area (Å²) in [6.45, 7) is 7.59. The molecule has 1 rings (SSSR count). The Morgan fingerprint density at radius 3 is 2.71 bits per heavy atom. The van der Waals surface area contributed by atoms with Crippen LogP contribution in [0.2, 0.25) is 0 Å². The maximum absolute atomic E-state index is 4.29. The minimum atomic E-state index is 0.477. The van der Waals surface area contributed by atoms with Crippen LogP contribution in [0.5, 0.6) is 0 Å². The Kier molecular flexibility index (Phi) is 4.88. The van der Waals surface area contributed by atoms with E-state index in [0.717, 1.165) is 13.0 Å². The second-order valence-corrected chi connectivity index (χ2v) is 5.13. The van der Waals surface area contributed by atoms with E-state index in [1.165, 1.54) is 3.57 Å². The third-order valence-corrected chi connectivity index (χ3v) is 2.69. The van der Waals surface area contributed by atoms with Crippen molar-refractivity contribution in [2.24, 2.45) is 0 Å². The molecule has 1 aromatic heterocycles. The molecule has 1 atom stereocenters. The summed E-state index contributed by atoms with van der Waals surface area (Å²) in [5.41, 5.74) is 0. The Hall–Kier alpha value is -0.100. The fraction of sp³-hybridized carbons (Fsp3) is 0.700. The first kappa shape index (κ1) is 12.0. The summed E-state index contributed by atoms with van der Waals surface area (Å²) in [6.07, 6.45) is 5.10. The molecule has 14 heavy (non-hydrogen) atoms. The summed E-state index contributed by atoms with van der Waals surface area (Å²) in [4.78, 5) is 0. The van der Waals surface area contributed by atoms with Gasteiger partial charge in [0, 0.05) is 12.2 Å². The van der Waals surface area contributed by atoms with E-state index in [4.69, 9.17) is 0 Å². The van der Waals surface area contributed by atoms with Gasteiger partial charge in [-0.3, -0.25) is 4.68 Å². The molecule has 1 N–H and O–H groups in total. The third kappa shape index (κ3) is 3.96. The van der Waals surface area contributed by atoms with Gasteiger partial charge in [-0.25, -0.2) is 0 Å². The fourth-order valence-electron chi connectivity index (χ4n) is 1.27. The van der Waals surface area contributed by atoms with Crippen LogP contribution in [0.1, 0.15) is 33.2 Å². The minimum Gasteiger partial charge on any atom is -0.314 e. The maximum Gasteiger partial charge on any atom is 0.0623 e. The lowest BCUT2D eigenvalue weighted by Gasteiger charge is -2.13. The Labute approximate surface area is 99.4 Å². The van der Waals surface area contributed by atoms with Gasteiger partial charge in [-0.2, -0.15) is 5.10 Å². The van der Waals surface area contributed by atoms with E-state index in [2.05, 4.69) is 60.0 Å². The summed E-state index contributed by atoms with van der Waals surface area (Å²) in [5.74, 6) is 0. The Bertz CT molecular complexity index is 270. The predicted octanol–water partition coefficient (Wildman–Crippen LogP) is 2.44. The van der Waals surface area contributed by atoms with Crippen LogP contribution in [0, 0.1) is 3.57 Å². The molecule has 80 valence electrons. The van der Waals surface area contributed by atoms with E-state index in [1.54, 1.807) is 0 Å². The lowest BCUT2D eigenvalue weighted by Crippen LogP contribution is -2.25. The number of hydrogen-bond donors (Lipinski definition) is 1. The summed E-state index contributed by atoms with van der Waals surface area (Å²) in [6, 6.07) is 1.05. The van der Waals surface area contributed by atoms with E-state index in [-0.39, 0.29) is 0 Å². The highest BCUT2D eigenvalue weighted by Crippen LogP contribution is 2.11. The number of nitrogens with one attached hydrogen (secondary N) is 1. The van der Waals surface area contributed by atoms with Crippen molar-refractivity contribution >= 4 is 22.6 Å². The molecule has 0 bridgehead atoms. The van der Waals surface area contributed by atoms with Crippen LogP contribution in [-0.4, -0.2) is 22.4 Å². The molecule has 0 amide bonds. The highest BCUT2D eigenvalue weighted by atomic mass is 127. The van der Waals surface area contributed by atoms with Gasteiger partial charge in [0.25, 0.3) is 0 Å². The van der Waals surface area contributed by atoms with Gasteiger partial charge in [-0.05, 0) is 42.5 Å². The Morgan fingerprint density at radius 2 is 2.21 bits per heavy atom. The van der Waals surface area contributed by atoms with Crippen molar-refractivity contribution < 1.29 is 0 Å². The second-order valence-electron chi connectivity index (χ2n) is 3.89. The maximum atomic E-state index is 4.29. The first-order chi connectivity index (χ1) is 6.59. The molecular weight excluding hydrogens is 289 g/mol. The molecule has 0 aliphatic heterocycles. The average Bonchev–Trinajstić information content (AvgIpc) is 2.51. The van der Waals surface area contributed by atoms with E-state index in [1.807, 2.05) is 10.9 Å². The van der Waals surface area contributed by atoms with Crippen molar-refractivity contribution in [2.45, 2.75) is 39.3 Å². The number of hydrogen-bond acceptors (Lipinski definition) is 2. The van der Waals surface area contributed by atoms with Crippen LogP contribution in [0.25, 0.3) is 0 Å². The first-order valence-electron chi connectivity index (χ1n) is 5.02. The Morgan fingerprint density at radius 1 is 1.50 bits per heavy atom. The molecule has 0 saturated carbocycles. The van der Waals surface area contributed by atoms with Gasteiger partial charge in [0.05, 0.1) is 15.8 Å². The van der Waals surface area contributed by atoms with Crippen LogP contribution in [0.15, 0.2) is 12.4 Å². The molecule has 0 aromatic carbocycles. The summed E-state index contributed by atoms with van der Waals surface area (Å²) in [5, 5.41) is 7.70. The summed E-state index contributed by atoms with van der Waals surface area (Å²) >= 11 is 2.28. The highest BCUT2D eigenvalue weighted by molar-refractivity contribution is 14.1. The smallest absolute Gasteiger partial charge is 0.0623 e. The SMILES string of the molecule is CC(C)NCCC(C)n1cc(I)cn1. The minimum absolute atomic E-state index is 0.477. The lowest BCUT2D eigenvalue weighted by molar-refractivity contribution is 0.432. The van der Waals surface area contributed by atoms with Crippen molar-refractivity contribution in [3.05, 3.63) is 16.0 Å². The quantitative estimate of drug-likeness (QED) is 0.847. The number of nitrogens with zero attached hydrogens (tertiary/aromatic N) is 2. The molecule has 1 aromatic rings. The molecule has 3 nitrogen and oxygen atoms in total. The predicted molar refractivity (Wildman–Crippen MR) is 67.4 cm³/mol. The van der Waals surface area contributed by atoms with Gasteiger partial charge in [0.2, 0.25) is 0 Å². The molecule has 1 heterocycles. The molecule has 0 fully saturated rings. The standard InChI is InChI=1S/C10H18IN3/c1-8(2)12-5-4-9(3)14-7-10(11)6-13-14/h6-9,12H,4-5H2,1-3H3. The van der Waals surface area contributed by atoms with Crippen LogP contribution < -0.4 is 5.32 Å². The fourth-order valence-corrected chi connectivity index (χ4v) is 1.68. The van der Waals surface area contributed by atoms with Crippen molar-refractivity contribution in [1.82, 2.24) is 15.1 Å². The van der Waals surface area contributed by atoms with Gasteiger partial charge in [-0.1, -0.05) is 13.8 Å². The molecule has 0 aliphatic rings. The van der Waals surface area contributed by atoms with Crippen molar-refractivity contribution in [2.75, 3.05) is 6.54 Å². The molecular formula is C10H18IN3. The molecule has 0 aliphatic carbocycles. The average molecular weight is 307 g/mol. The highest BCUT2D eigenvalue weighted by Gasteiger charge is 2.05. The van der Waals surface area contributed by atoms with Crippen LogP contribution in [-0.2, 0) is 0 Å². The lowest BCUT2D eigenvalue weighted by atomic mass is 10.2. The van der Waals surface area contributed by atoms with E-state index >= 15 is 0 Å². The largest absolute Gasteiger partial charge is 0.314 e. The monoisotopic (exact) mass is 307 g/mol. The molecule has 0 radical (unpaired) electrons. The third-order valence-electron chi connectivity index (χ3n) is 2.14. The summed E-state index contributed by atoms with van der Waals surface area (Å²) < 4.78 is 3.23. The zero-order chi connectivity index (χ0) is 10.6. The number of aromatic nitrogens is 2. The van der Waals surface area contributed by atoms with Gasteiger partial charge in [0.1, 0.15) is 0 Å². The molecule has 0 saturated heterocycles. The van der Waals surface area contributed by atoms with Crippen molar-refractivity contribution in [3.63, 3.8) is 0 Å². The van der Waals surface area contributed by atoms with E-state index in [0.29, 0.717) is 12.1 Å². The van der Waals surface area contributed by atoms with Crippen LogP contribution in [0.4, 0.5) is 0 Å². The van der Waals surface area contributed by atoms with E-state index < -0.39 is 0 Å². The van der Waals surface area contributed by atoms with Gasteiger partial charge in [0.15, 0.2) is 0 Å². The number of halogens is 1. The molecule has 1 unspecified atom stereocenters. The van der Waals surface area contributed by atoms with Gasteiger partial charge >= 0.3 is 0 Å². The zero-order valence-electron chi connectivity index (χ0n) is 9.00. The van der Waals surface area contributed by atoms with Gasteiger partial charge in [-0.15, -0.1) is 0 Å². The summed E-state index contributed by atoms with van der Waals surface area (Å²) in [7, 11) is 0. The zero-order valence-corrected chi connectivity index (χ0v) is 11.2. The number of rotatable bonds is 5.